The van der Waals surface area contributed by atoms with Gasteiger partial charge in [0.2, 0.25) is 0 Å². The number of rotatable bonds is 0. The lowest BCUT2D eigenvalue weighted by atomic mass is 10.1. The number of aromatic hydroxyl groups is 1. The van der Waals surface area contributed by atoms with E-state index in [0.717, 1.165) is 13.1 Å². The monoisotopic (exact) mass is 188 g/mol. The Hall–Kier alpha value is -1.48. The van der Waals surface area contributed by atoms with Crippen molar-refractivity contribution < 1.29 is 5.11 Å². The first-order valence-corrected chi connectivity index (χ1v) is 4.77. The topological polar surface area (TPSA) is 37.2 Å². The molecule has 2 aromatic rings. The molecule has 0 spiro atoms. The van der Waals surface area contributed by atoms with Crippen molar-refractivity contribution >= 4 is 10.9 Å². The maximum atomic E-state index is 9.44. The molecular weight excluding hydrogens is 176 g/mol. The number of phenols is 1. The molecule has 3 nitrogen and oxygen atoms in total. The third-order valence-corrected chi connectivity index (χ3v) is 3.01. The van der Waals surface area contributed by atoms with E-state index in [9.17, 15) is 5.11 Å². The molecular formula is C11H12N2O. The quantitative estimate of drug-likeness (QED) is 0.657. The molecule has 0 radical (unpaired) electrons. The van der Waals surface area contributed by atoms with Gasteiger partial charge in [0.25, 0.3) is 0 Å². The van der Waals surface area contributed by atoms with Crippen molar-refractivity contribution in [2.45, 2.75) is 13.1 Å². The van der Waals surface area contributed by atoms with Gasteiger partial charge in [-0.1, -0.05) is 0 Å². The number of nitrogens with zero attached hydrogens (tertiary/aromatic N) is 1. The summed E-state index contributed by atoms with van der Waals surface area (Å²) in [6, 6.07) is 5.56. The summed E-state index contributed by atoms with van der Waals surface area (Å²) < 4.78 is 2.20. The van der Waals surface area contributed by atoms with Crippen LogP contribution in [0.4, 0.5) is 0 Å². The molecule has 1 aromatic carbocycles. The number of phenolic OH excluding ortho intramolecular Hbond substituents is 1. The van der Waals surface area contributed by atoms with E-state index in [1.54, 1.807) is 6.07 Å². The average Bonchev–Trinajstić information content (AvgIpc) is 2.71. The van der Waals surface area contributed by atoms with Gasteiger partial charge in [0.05, 0.1) is 0 Å². The predicted octanol–water partition coefficient (Wildman–Crippen LogP) is 1.49. The lowest BCUT2D eigenvalue weighted by Crippen LogP contribution is -2.04. The van der Waals surface area contributed by atoms with Crippen LogP contribution in [0.25, 0.3) is 10.9 Å². The molecule has 0 saturated heterocycles. The highest BCUT2D eigenvalue weighted by molar-refractivity contribution is 5.87. The minimum Gasteiger partial charge on any atom is -0.508 e. The summed E-state index contributed by atoms with van der Waals surface area (Å²) in [6.07, 6.45) is 0. The predicted molar refractivity (Wildman–Crippen MR) is 55.1 cm³/mol. The van der Waals surface area contributed by atoms with Gasteiger partial charge in [0, 0.05) is 36.7 Å². The minimum absolute atomic E-state index is 0.345. The van der Waals surface area contributed by atoms with Crippen LogP contribution in [0.15, 0.2) is 18.2 Å². The normalized spacial score (nSPS) is 14.9. The molecule has 0 bridgehead atoms. The van der Waals surface area contributed by atoms with Crippen LogP contribution in [0.5, 0.6) is 5.75 Å². The van der Waals surface area contributed by atoms with Crippen LogP contribution in [0, 0.1) is 0 Å². The zero-order valence-corrected chi connectivity index (χ0v) is 8.04. The molecule has 0 fully saturated rings. The average molecular weight is 188 g/mol. The fraction of sp³-hybridized carbons (Fsp3) is 0.273. The van der Waals surface area contributed by atoms with Crippen LogP contribution in [-0.2, 0) is 20.1 Å². The fourth-order valence-electron chi connectivity index (χ4n) is 2.29. The standard InChI is InChI=1S/C11H12N2O/c1-13-10-3-2-7(14)4-8(10)9-5-12-6-11(9)13/h2-4,12,14H,5-6H2,1H3. The van der Waals surface area contributed by atoms with Gasteiger partial charge in [-0.15, -0.1) is 0 Å². The Morgan fingerprint density at radius 2 is 2.21 bits per heavy atom. The lowest BCUT2D eigenvalue weighted by molar-refractivity contribution is 0.476. The Morgan fingerprint density at radius 1 is 1.36 bits per heavy atom. The molecule has 3 rings (SSSR count). The van der Waals surface area contributed by atoms with Gasteiger partial charge in [-0.2, -0.15) is 0 Å². The Balaban J connectivity index is 2.45. The van der Waals surface area contributed by atoms with Gasteiger partial charge in [-0.05, 0) is 23.8 Å². The summed E-state index contributed by atoms with van der Waals surface area (Å²) in [6.45, 7) is 1.84. The molecule has 2 heterocycles. The highest BCUT2D eigenvalue weighted by Gasteiger charge is 2.19. The molecule has 3 heteroatoms. The molecule has 1 aliphatic heterocycles. The molecule has 1 aromatic heterocycles. The molecule has 0 amide bonds. The zero-order valence-electron chi connectivity index (χ0n) is 8.04. The molecule has 0 aliphatic carbocycles. The first kappa shape index (κ1) is 7.88. The first-order valence-electron chi connectivity index (χ1n) is 4.77. The molecule has 1 aliphatic rings. The number of aryl methyl sites for hydroxylation is 1. The smallest absolute Gasteiger partial charge is 0.116 e. The highest BCUT2D eigenvalue weighted by atomic mass is 16.3. The third kappa shape index (κ3) is 0.849. The van der Waals surface area contributed by atoms with Gasteiger partial charge in [-0.3, -0.25) is 0 Å². The largest absolute Gasteiger partial charge is 0.508 e. The van der Waals surface area contributed by atoms with E-state index in [4.69, 9.17) is 0 Å². The molecule has 0 atom stereocenters. The summed E-state index contributed by atoms with van der Waals surface area (Å²) in [4.78, 5) is 0. The number of fused-ring (bicyclic) bond motifs is 3. The third-order valence-electron chi connectivity index (χ3n) is 3.01. The van der Waals surface area contributed by atoms with Crippen LogP contribution in [0.3, 0.4) is 0 Å². The van der Waals surface area contributed by atoms with Crippen LogP contribution in [0.2, 0.25) is 0 Å². The SMILES string of the molecule is Cn1c2c(c3cc(O)ccc31)CNC2. The minimum atomic E-state index is 0.345. The number of nitrogens with one attached hydrogen (secondary N) is 1. The number of aromatic nitrogens is 1. The van der Waals surface area contributed by atoms with E-state index in [0.29, 0.717) is 5.75 Å². The summed E-state index contributed by atoms with van der Waals surface area (Å²) in [5.41, 5.74) is 3.87. The molecule has 0 unspecified atom stereocenters. The second-order valence-electron chi connectivity index (χ2n) is 3.79. The number of benzene rings is 1. The highest BCUT2D eigenvalue weighted by Crippen LogP contribution is 2.30. The van der Waals surface area contributed by atoms with Gasteiger partial charge in [0.15, 0.2) is 0 Å². The lowest BCUT2D eigenvalue weighted by Gasteiger charge is -2.01. The van der Waals surface area contributed by atoms with E-state index < -0.39 is 0 Å². The Bertz CT molecular complexity index is 513. The Morgan fingerprint density at radius 3 is 3.07 bits per heavy atom. The summed E-state index contributed by atoms with van der Waals surface area (Å²) >= 11 is 0. The Kier molecular flexibility index (Phi) is 1.42. The van der Waals surface area contributed by atoms with Crippen molar-refractivity contribution in [2.24, 2.45) is 7.05 Å². The van der Waals surface area contributed by atoms with Crippen molar-refractivity contribution in [3.63, 3.8) is 0 Å². The maximum Gasteiger partial charge on any atom is 0.116 e. The van der Waals surface area contributed by atoms with Crippen molar-refractivity contribution in [3.8, 4) is 5.75 Å². The first-order chi connectivity index (χ1) is 6.77. The van der Waals surface area contributed by atoms with Gasteiger partial charge in [0.1, 0.15) is 5.75 Å². The van der Waals surface area contributed by atoms with E-state index in [1.165, 1.54) is 22.2 Å². The summed E-state index contributed by atoms with van der Waals surface area (Å²) in [5, 5.41) is 13.9. The second kappa shape index (κ2) is 2.51. The Labute approximate surface area is 82.0 Å². The van der Waals surface area contributed by atoms with Crippen LogP contribution >= 0.6 is 0 Å². The summed E-state index contributed by atoms with van der Waals surface area (Å²) in [5.74, 6) is 0.345. The molecule has 2 N–H and O–H groups in total. The van der Waals surface area contributed by atoms with Crippen molar-refractivity contribution in [3.05, 3.63) is 29.5 Å². The van der Waals surface area contributed by atoms with E-state index >= 15 is 0 Å². The van der Waals surface area contributed by atoms with Gasteiger partial charge < -0.3 is 15.0 Å². The molecule has 0 saturated carbocycles. The second-order valence-corrected chi connectivity index (χ2v) is 3.79. The zero-order chi connectivity index (χ0) is 9.71. The van der Waals surface area contributed by atoms with E-state index in [-0.39, 0.29) is 0 Å². The number of hydrogen-bond acceptors (Lipinski definition) is 2. The molecule has 72 valence electrons. The van der Waals surface area contributed by atoms with Crippen LogP contribution < -0.4 is 5.32 Å². The van der Waals surface area contributed by atoms with Crippen molar-refractivity contribution in [2.75, 3.05) is 0 Å². The van der Waals surface area contributed by atoms with Crippen LogP contribution in [0.1, 0.15) is 11.3 Å². The van der Waals surface area contributed by atoms with Crippen LogP contribution in [-0.4, -0.2) is 9.67 Å². The number of hydrogen-bond donors (Lipinski definition) is 2. The maximum absolute atomic E-state index is 9.44. The van der Waals surface area contributed by atoms with Crippen molar-refractivity contribution in [1.29, 1.82) is 0 Å². The molecule has 14 heavy (non-hydrogen) atoms. The van der Waals surface area contributed by atoms with Gasteiger partial charge in [-0.25, -0.2) is 0 Å². The van der Waals surface area contributed by atoms with Crippen molar-refractivity contribution in [1.82, 2.24) is 9.88 Å². The van der Waals surface area contributed by atoms with Gasteiger partial charge >= 0.3 is 0 Å². The van der Waals surface area contributed by atoms with E-state index in [1.807, 2.05) is 12.1 Å². The van der Waals surface area contributed by atoms with E-state index in [2.05, 4.69) is 16.9 Å². The summed E-state index contributed by atoms with van der Waals surface area (Å²) in [7, 11) is 2.07. The fourth-order valence-corrected chi connectivity index (χ4v) is 2.29.